The lowest BCUT2D eigenvalue weighted by atomic mass is 10.3. The summed E-state index contributed by atoms with van der Waals surface area (Å²) in [6.45, 7) is 0. The van der Waals surface area contributed by atoms with E-state index in [1.807, 2.05) is 4.72 Å². The summed E-state index contributed by atoms with van der Waals surface area (Å²) in [6, 6.07) is 2.08. The van der Waals surface area contributed by atoms with Crippen molar-refractivity contribution in [2.24, 2.45) is 0 Å². The van der Waals surface area contributed by atoms with Gasteiger partial charge in [0.15, 0.2) is 11.0 Å². The molecule has 1 aromatic heterocycles. The van der Waals surface area contributed by atoms with Gasteiger partial charge in [0.05, 0.1) is 0 Å². The molecule has 0 saturated carbocycles. The maximum atomic E-state index is 13.4. The second kappa shape index (κ2) is 5.06. The zero-order chi connectivity index (χ0) is 14.0. The number of benzene rings is 1. The van der Waals surface area contributed by atoms with E-state index in [-0.39, 0.29) is 11.0 Å². The number of aromatic nitrogens is 2. The minimum atomic E-state index is -4.34. The fourth-order valence-corrected chi connectivity index (χ4v) is 2.57. The number of rotatable bonds is 3. The maximum absolute atomic E-state index is 13.4. The normalized spacial score (nSPS) is 11.3. The third-order valence-electron chi connectivity index (χ3n) is 2.07. The zero-order valence-electron chi connectivity index (χ0n) is 9.14. The van der Waals surface area contributed by atoms with E-state index in [2.05, 4.69) is 9.97 Å². The molecule has 0 aliphatic rings. The Kier molecular flexibility index (Phi) is 3.63. The number of hydrogen-bond acceptors (Lipinski definition) is 4. The average molecular weight is 306 g/mol. The van der Waals surface area contributed by atoms with Crippen LogP contribution in [-0.4, -0.2) is 18.4 Å². The molecular formula is C10H6ClF2N3O2S. The van der Waals surface area contributed by atoms with Gasteiger partial charge in [-0.15, -0.1) is 0 Å². The van der Waals surface area contributed by atoms with Gasteiger partial charge < -0.3 is 0 Å². The van der Waals surface area contributed by atoms with E-state index in [9.17, 15) is 17.2 Å². The number of hydrogen-bond donors (Lipinski definition) is 1. The Labute approximate surface area is 112 Å². The summed E-state index contributed by atoms with van der Waals surface area (Å²) >= 11 is 5.62. The van der Waals surface area contributed by atoms with Crippen molar-refractivity contribution in [3.05, 3.63) is 47.4 Å². The molecule has 2 rings (SSSR count). The highest BCUT2D eigenvalue weighted by molar-refractivity contribution is 7.92. The summed E-state index contributed by atoms with van der Waals surface area (Å²) in [5.41, 5.74) is 0. The second-order valence-electron chi connectivity index (χ2n) is 3.38. The van der Waals surface area contributed by atoms with Crippen LogP contribution in [0.15, 0.2) is 35.5 Å². The lowest BCUT2D eigenvalue weighted by molar-refractivity contribution is 0.555. The number of sulfonamides is 1. The van der Waals surface area contributed by atoms with Crippen molar-refractivity contribution in [2.45, 2.75) is 4.90 Å². The molecule has 0 aliphatic carbocycles. The lowest BCUT2D eigenvalue weighted by Crippen LogP contribution is -2.16. The fourth-order valence-electron chi connectivity index (χ4n) is 1.25. The molecule has 0 fully saturated rings. The van der Waals surface area contributed by atoms with Crippen LogP contribution in [0, 0.1) is 11.6 Å². The predicted octanol–water partition coefficient (Wildman–Crippen LogP) is 2.21. The molecule has 19 heavy (non-hydrogen) atoms. The molecule has 0 saturated heterocycles. The number of halogens is 3. The number of anilines is 1. The molecule has 0 spiro atoms. The second-order valence-corrected chi connectivity index (χ2v) is 5.38. The number of nitrogens with one attached hydrogen (secondary N) is 1. The summed E-state index contributed by atoms with van der Waals surface area (Å²) in [7, 11) is -4.34. The summed E-state index contributed by atoms with van der Waals surface area (Å²) in [5.74, 6) is -2.24. The summed E-state index contributed by atoms with van der Waals surface area (Å²) in [5, 5.41) is -0.206. The van der Waals surface area contributed by atoms with Gasteiger partial charge in [0.1, 0.15) is 16.5 Å². The van der Waals surface area contributed by atoms with Crippen molar-refractivity contribution < 1.29 is 17.2 Å². The highest BCUT2D eigenvalue weighted by atomic mass is 35.5. The molecule has 0 unspecified atom stereocenters. The van der Waals surface area contributed by atoms with Gasteiger partial charge in [0.2, 0.25) is 0 Å². The van der Waals surface area contributed by atoms with E-state index in [4.69, 9.17) is 11.6 Å². The molecule has 1 aromatic carbocycles. The highest BCUT2D eigenvalue weighted by Crippen LogP contribution is 2.21. The third-order valence-corrected chi connectivity index (χ3v) is 3.70. The molecule has 0 radical (unpaired) electrons. The van der Waals surface area contributed by atoms with Gasteiger partial charge in [0.25, 0.3) is 10.0 Å². The molecule has 100 valence electrons. The summed E-state index contributed by atoms with van der Waals surface area (Å²) < 4.78 is 52.1. The fraction of sp³-hybridized carbons (Fsp3) is 0. The van der Waals surface area contributed by atoms with E-state index >= 15 is 0 Å². The molecule has 0 aliphatic heterocycles. The molecule has 9 heteroatoms. The first-order valence-electron chi connectivity index (χ1n) is 4.84. The van der Waals surface area contributed by atoms with Gasteiger partial charge in [-0.1, -0.05) is 11.6 Å². The van der Waals surface area contributed by atoms with Crippen molar-refractivity contribution >= 4 is 27.4 Å². The standard InChI is InChI=1S/C10H6ClF2N3O2S/c11-9-10(15-4-3-14-9)16-19(17,18)8-5-6(12)1-2-7(8)13/h1-5H,(H,15,16). The average Bonchev–Trinajstić information content (AvgIpc) is 2.35. The van der Waals surface area contributed by atoms with Crippen molar-refractivity contribution in [3.8, 4) is 0 Å². The smallest absolute Gasteiger partial charge is 0.261 e. The van der Waals surface area contributed by atoms with Crippen LogP contribution in [-0.2, 0) is 10.0 Å². The minimum absolute atomic E-state index is 0.206. The summed E-state index contributed by atoms with van der Waals surface area (Å²) in [4.78, 5) is 6.41. The molecule has 0 amide bonds. The van der Waals surface area contributed by atoms with Crippen LogP contribution in [0.2, 0.25) is 5.15 Å². The van der Waals surface area contributed by atoms with Crippen molar-refractivity contribution in [3.63, 3.8) is 0 Å². The van der Waals surface area contributed by atoms with Gasteiger partial charge in [-0.3, -0.25) is 4.72 Å². The maximum Gasteiger partial charge on any atom is 0.266 e. The minimum Gasteiger partial charge on any atom is -0.261 e. The van der Waals surface area contributed by atoms with Crippen LogP contribution in [0.5, 0.6) is 0 Å². The monoisotopic (exact) mass is 305 g/mol. The Morgan fingerprint density at radius 2 is 1.84 bits per heavy atom. The van der Waals surface area contributed by atoms with Crippen molar-refractivity contribution in [1.82, 2.24) is 9.97 Å². The van der Waals surface area contributed by atoms with Crippen LogP contribution in [0.1, 0.15) is 0 Å². The van der Waals surface area contributed by atoms with Gasteiger partial charge in [-0.05, 0) is 18.2 Å². The Hall–Kier alpha value is -1.80. The third kappa shape index (κ3) is 2.96. The predicted molar refractivity (Wildman–Crippen MR) is 64.2 cm³/mol. The van der Waals surface area contributed by atoms with Crippen LogP contribution in [0.3, 0.4) is 0 Å². The Bertz CT molecular complexity index is 724. The molecule has 2 aromatic rings. The quantitative estimate of drug-likeness (QED) is 0.943. The first kappa shape index (κ1) is 13.6. The molecule has 1 N–H and O–H groups in total. The van der Waals surface area contributed by atoms with E-state index in [1.54, 1.807) is 0 Å². The van der Waals surface area contributed by atoms with Gasteiger partial charge >= 0.3 is 0 Å². The molecule has 1 heterocycles. The van der Waals surface area contributed by atoms with Gasteiger partial charge in [-0.25, -0.2) is 27.2 Å². The van der Waals surface area contributed by atoms with Crippen molar-refractivity contribution in [1.29, 1.82) is 0 Å². The first-order valence-corrected chi connectivity index (χ1v) is 6.70. The van der Waals surface area contributed by atoms with E-state index in [1.165, 1.54) is 12.4 Å². The lowest BCUT2D eigenvalue weighted by Gasteiger charge is -2.08. The molecule has 0 bridgehead atoms. The summed E-state index contributed by atoms with van der Waals surface area (Å²) in [6.07, 6.45) is 2.45. The largest absolute Gasteiger partial charge is 0.266 e. The Morgan fingerprint density at radius 3 is 2.53 bits per heavy atom. The molecule has 0 atom stereocenters. The highest BCUT2D eigenvalue weighted by Gasteiger charge is 2.21. The van der Waals surface area contributed by atoms with E-state index < -0.39 is 26.6 Å². The van der Waals surface area contributed by atoms with Crippen LogP contribution in [0.4, 0.5) is 14.6 Å². The van der Waals surface area contributed by atoms with Gasteiger partial charge in [-0.2, -0.15) is 0 Å². The molecular weight excluding hydrogens is 300 g/mol. The van der Waals surface area contributed by atoms with Crippen LogP contribution in [0.25, 0.3) is 0 Å². The first-order chi connectivity index (χ1) is 8.90. The SMILES string of the molecule is O=S(=O)(Nc1nccnc1Cl)c1cc(F)ccc1F. The van der Waals surface area contributed by atoms with Crippen LogP contribution < -0.4 is 4.72 Å². The van der Waals surface area contributed by atoms with E-state index in [0.717, 1.165) is 6.07 Å². The van der Waals surface area contributed by atoms with Crippen molar-refractivity contribution in [2.75, 3.05) is 4.72 Å². The number of nitrogens with zero attached hydrogens (tertiary/aromatic N) is 2. The Balaban J connectivity index is 2.44. The molecule has 5 nitrogen and oxygen atoms in total. The topological polar surface area (TPSA) is 72.0 Å². The van der Waals surface area contributed by atoms with Gasteiger partial charge in [0, 0.05) is 12.4 Å². The zero-order valence-corrected chi connectivity index (χ0v) is 10.7. The van der Waals surface area contributed by atoms with Crippen LogP contribution >= 0.6 is 11.6 Å². The van der Waals surface area contributed by atoms with E-state index in [0.29, 0.717) is 12.1 Å². The Morgan fingerprint density at radius 1 is 1.16 bits per heavy atom.